The summed E-state index contributed by atoms with van der Waals surface area (Å²) >= 11 is 1.37. The van der Waals surface area contributed by atoms with Crippen molar-refractivity contribution in [2.45, 2.75) is 19.4 Å². The summed E-state index contributed by atoms with van der Waals surface area (Å²) in [6, 6.07) is 27.4. The predicted octanol–water partition coefficient (Wildman–Crippen LogP) is 6.14. The number of thiophene rings is 1. The van der Waals surface area contributed by atoms with E-state index in [-0.39, 0.29) is 11.3 Å². The van der Waals surface area contributed by atoms with Crippen LogP contribution in [0.5, 0.6) is 5.75 Å². The Morgan fingerprint density at radius 2 is 1.54 bits per heavy atom. The molecule has 0 radical (unpaired) electrons. The Balaban J connectivity index is 1.59. The summed E-state index contributed by atoms with van der Waals surface area (Å²) in [5.74, 6) is 1.52. The lowest BCUT2D eigenvalue weighted by molar-refractivity contribution is 0.482. The Labute approximate surface area is 205 Å². The Morgan fingerprint density at radius 3 is 2.23 bits per heavy atom. The van der Waals surface area contributed by atoms with Crippen molar-refractivity contribution in [1.82, 2.24) is 9.55 Å². The van der Waals surface area contributed by atoms with Gasteiger partial charge in [0.05, 0.1) is 22.9 Å². The molecule has 3 heterocycles. The molecule has 0 bridgehead atoms. The summed E-state index contributed by atoms with van der Waals surface area (Å²) in [6.45, 7) is 0.293. The molecule has 0 aliphatic rings. The van der Waals surface area contributed by atoms with E-state index < -0.39 is 0 Å². The summed E-state index contributed by atoms with van der Waals surface area (Å²) in [6.07, 6.45) is 2.79. The second-order valence-electron chi connectivity index (χ2n) is 8.55. The first-order chi connectivity index (χ1) is 17.2. The largest absolute Gasteiger partial charge is 0.506 e. The number of phenols is 1. The molecule has 3 aromatic heterocycles. The van der Waals surface area contributed by atoms with E-state index in [4.69, 9.17) is 9.40 Å². The van der Waals surface area contributed by atoms with Crippen molar-refractivity contribution in [2.24, 2.45) is 0 Å². The van der Waals surface area contributed by atoms with E-state index in [1.807, 2.05) is 66.7 Å². The number of aromatic hydroxyl groups is 1. The first-order valence-corrected chi connectivity index (χ1v) is 12.3. The number of nitrogens with zero attached hydrogens (tertiary/aromatic N) is 2. The molecule has 6 heteroatoms. The number of hydrogen-bond acceptors (Lipinski definition) is 5. The van der Waals surface area contributed by atoms with Crippen LogP contribution in [0.25, 0.3) is 20.3 Å². The van der Waals surface area contributed by atoms with Gasteiger partial charge in [-0.3, -0.25) is 9.36 Å². The van der Waals surface area contributed by atoms with Crippen LogP contribution in [-0.4, -0.2) is 14.7 Å². The minimum Gasteiger partial charge on any atom is -0.506 e. The minimum absolute atomic E-state index is 0.122. The molecular weight excluding hydrogens is 456 g/mol. The van der Waals surface area contributed by atoms with Crippen LogP contribution in [0.2, 0.25) is 0 Å². The molecule has 1 N–H and O–H groups in total. The molecule has 0 amide bonds. The van der Waals surface area contributed by atoms with Crippen LogP contribution in [0.15, 0.2) is 100 Å². The molecular formula is C29H22N2O3S. The lowest BCUT2D eigenvalue weighted by Crippen LogP contribution is -2.25. The molecule has 0 aliphatic carbocycles. The monoisotopic (exact) mass is 478 g/mol. The molecule has 6 rings (SSSR count). The topological polar surface area (TPSA) is 68.3 Å². The van der Waals surface area contributed by atoms with Gasteiger partial charge >= 0.3 is 0 Å². The standard InChI is InChI=1S/C29H22N2O3S/c32-23-14-13-21(16-19-8-3-1-4-9-19)25-26-28(35-27(23)25)30-24(17-20-10-5-2-6-11-20)31(29(26)33)18-22-12-7-15-34-22/h1-15,32H,16-18H2. The van der Waals surface area contributed by atoms with Gasteiger partial charge in [-0.25, -0.2) is 4.98 Å². The number of hydrogen-bond donors (Lipinski definition) is 1. The number of furan rings is 1. The maximum atomic E-state index is 14.1. The zero-order chi connectivity index (χ0) is 23.8. The minimum atomic E-state index is -0.122. The third-order valence-electron chi connectivity index (χ3n) is 6.22. The molecule has 35 heavy (non-hydrogen) atoms. The van der Waals surface area contributed by atoms with Gasteiger partial charge in [0.25, 0.3) is 5.56 Å². The fourth-order valence-electron chi connectivity index (χ4n) is 4.55. The van der Waals surface area contributed by atoms with Gasteiger partial charge < -0.3 is 9.52 Å². The summed E-state index contributed by atoms with van der Waals surface area (Å²) in [5, 5.41) is 12.0. The molecule has 6 aromatic rings. The summed E-state index contributed by atoms with van der Waals surface area (Å²) in [5.41, 5.74) is 3.09. The molecule has 0 aliphatic heterocycles. The zero-order valence-corrected chi connectivity index (χ0v) is 19.7. The van der Waals surface area contributed by atoms with E-state index >= 15 is 0 Å². The quantitative estimate of drug-likeness (QED) is 0.312. The number of phenolic OH excluding ortho intramolecular Hbond substituents is 1. The van der Waals surface area contributed by atoms with Crippen molar-refractivity contribution < 1.29 is 9.52 Å². The van der Waals surface area contributed by atoms with E-state index in [9.17, 15) is 9.90 Å². The third kappa shape index (κ3) is 4.02. The second-order valence-corrected chi connectivity index (χ2v) is 9.55. The fraction of sp³-hybridized carbons (Fsp3) is 0.103. The summed E-state index contributed by atoms with van der Waals surface area (Å²) in [7, 11) is 0. The number of rotatable bonds is 6. The lowest BCUT2D eigenvalue weighted by Gasteiger charge is -2.12. The van der Waals surface area contributed by atoms with E-state index in [1.165, 1.54) is 11.3 Å². The van der Waals surface area contributed by atoms with Crippen molar-refractivity contribution in [2.75, 3.05) is 0 Å². The Kier molecular flexibility index (Phi) is 5.43. The Bertz CT molecular complexity index is 1690. The maximum absolute atomic E-state index is 14.1. The van der Waals surface area contributed by atoms with Gasteiger partial charge in [0.2, 0.25) is 0 Å². The van der Waals surface area contributed by atoms with Crippen LogP contribution in [0.4, 0.5) is 0 Å². The van der Waals surface area contributed by atoms with Crippen LogP contribution >= 0.6 is 11.3 Å². The highest BCUT2D eigenvalue weighted by molar-refractivity contribution is 7.25. The first kappa shape index (κ1) is 21.4. The number of aromatic nitrogens is 2. The molecule has 0 saturated carbocycles. The average Bonchev–Trinajstić information content (AvgIpc) is 3.53. The van der Waals surface area contributed by atoms with Crippen LogP contribution in [0.3, 0.4) is 0 Å². The first-order valence-electron chi connectivity index (χ1n) is 11.4. The van der Waals surface area contributed by atoms with Crippen LogP contribution in [0.1, 0.15) is 28.3 Å². The van der Waals surface area contributed by atoms with E-state index in [1.54, 1.807) is 16.9 Å². The van der Waals surface area contributed by atoms with Crippen molar-refractivity contribution in [3.8, 4) is 5.75 Å². The molecule has 0 unspecified atom stereocenters. The van der Waals surface area contributed by atoms with Crippen molar-refractivity contribution in [3.05, 3.63) is 130 Å². The average molecular weight is 479 g/mol. The van der Waals surface area contributed by atoms with E-state index in [2.05, 4.69) is 12.1 Å². The highest BCUT2D eigenvalue weighted by Crippen LogP contribution is 2.39. The molecule has 0 fully saturated rings. The molecule has 0 atom stereocenters. The highest BCUT2D eigenvalue weighted by Gasteiger charge is 2.21. The van der Waals surface area contributed by atoms with Gasteiger partial charge in [0.15, 0.2) is 0 Å². The Hall–Kier alpha value is -4.16. The maximum Gasteiger partial charge on any atom is 0.263 e. The van der Waals surface area contributed by atoms with Crippen molar-refractivity contribution in [3.63, 3.8) is 0 Å². The van der Waals surface area contributed by atoms with Gasteiger partial charge in [-0.1, -0.05) is 66.7 Å². The molecule has 3 aromatic carbocycles. The van der Waals surface area contributed by atoms with Gasteiger partial charge in [-0.05, 0) is 41.3 Å². The number of fused-ring (bicyclic) bond motifs is 3. The van der Waals surface area contributed by atoms with Gasteiger partial charge in [-0.2, -0.15) is 0 Å². The van der Waals surface area contributed by atoms with Crippen molar-refractivity contribution in [1.29, 1.82) is 0 Å². The van der Waals surface area contributed by atoms with Gasteiger partial charge in [-0.15, -0.1) is 11.3 Å². The fourth-order valence-corrected chi connectivity index (χ4v) is 5.69. The van der Waals surface area contributed by atoms with Crippen LogP contribution < -0.4 is 5.56 Å². The second kappa shape index (κ2) is 8.89. The smallest absolute Gasteiger partial charge is 0.263 e. The van der Waals surface area contributed by atoms with Gasteiger partial charge in [0, 0.05) is 11.8 Å². The SMILES string of the molecule is O=c1c2c(nc(Cc3ccccc3)n1Cc1ccco1)sc1c(O)ccc(Cc3ccccc3)c12. The predicted molar refractivity (Wildman–Crippen MR) is 139 cm³/mol. The van der Waals surface area contributed by atoms with Gasteiger partial charge in [0.1, 0.15) is 22.2 Å². The molecule has 0 saturated heterocycles. The van der Waals surface area contributed by atoms with Crippen LogP contribution in [0, 0.1) is 0 Å². The number of benzene rings is 3. The third-order valence-corrected chi connectivity index (χ3v) is 7.33. The van der Waals surface area contributed by atoms with Crippen molar-refractivity contribution >= 4 is 31.6 Å². The zero-order valence-electron chi connectivity index (χ0n) is 18.8. The summed E-state index contributed by atoms with van der Waals surface area (Å²) < 4.78 is 7.97. The molecule has 0 spiro atoms. The summed E-state index contributed by atoms with van der Waals surface area (Å²) in [4.78, 5) is 19.7. The van der Waals surface area contributed by atoms with E-state index in [0.717, 1.165) is 22.1 Å². The molecule has 5 nitrogen and oxygen atoms in total. The normalized spacial score (nSPS) is 11.4. The van der Waals surface area contributed by atoms with Crippen LogP contribution in [-0.2, 0) is 19.4 Å². The molecule has 172 valence electrons. The lowest BCUT2D eigenvalue weighted by atomic mass is 10.00. The Morgan fingerprint density at radius 1 is 0.829 bits per heavy atom. The van der Waals surface area contributed by atoms with E-state index in [0.29, 0.717) is 45.9 Å². The highest BCUT2D eigenvalue weighted by atomic mass is 32.1.